The Morgan fingerprint density at radius 1 is 1.53 bits per heavy atom. The van der Waals surface area contributed by atoms with Gasteiger partial charge in [-0.25, -0.2) is 0 Å². The maximum atomic E-state index is 5.62. The highest BCUT2D eigenvalue weighted by atomic mass is 32.1. The van der Waals surface area contributed by atoms with Gasteiger partial charge in [-0.3, -0.25) is 0 Å². The molecule has 0 saturated heterocycles. The summed E-state index contributed by atoms with van der Waals surface area (Å²) in [5.74, 6) is 0. The lowest BCUT2D eigenvalue weighted by molar-refractivity contribution is 0.0855. The van der Waals surface area contributed by atoms with E-state index in [4.69, 9.17) is 22.7 Å². The van der Waals surface area contributed by atoms with E-state index in [1.54, 1.807) is 0 Å². The molecule has 1 atom stereocenters. The molecule has 0 amide bonds. The van der Waals surface area contributed by atoms with Crippen LogP contribution in [0.25, 0.3) is 0 Å². The first-order valence-corrected chi connectivity index (χ1v) is 6.21. The van der Waals surface area contributed by atoms with Crippen LogP contribution in [-0.4, -0.2) is 24.2 Å². The Morgan fingerprint density at radius 3 is 2.76 bits per heavy atom. The molecule has 0 saturated carbocycles. The highest BCUT2D eigenvalue weighted by molar-refractivity contribution is 7.80. The molecule has 1 aromatic rings. The Kier molecular flexibility index (Phi) is 5.38. The second-order valence-corrected chi connectivity index (χ2v) is 4.48. The summed E-state index contributed by atoms with van der Waals surface area (Å²) < 4.78 is 5.45. The van der Waals surface area contributed by atoms with Gasteiger partial charge in [-0.15, -0.1) is 0 Å². The quantitative estimate of drug-likeness (QED) is 0.764. The van der Waals surface area contributed by atoms with Crippen LogP contribution in [0.1, 0.15) is 25.0 Å². The minimum Gasteiger partial charge on any atom is -0.389 e. The summed E-state index contributed by atoms with van der Waals surface area (Å²) in [6.07, 6.45) is 0.204. The van der Waals surface area contributed by atoms with Crippen molar-refractivity contribution in [2.24, 2.45) is 5.73 Å². The number of nitrogens with two attached hydrogens (primary N) is 1. The van der Waals surface area contributed by atoms with Gasteiger partial charge < -0.3 is 15.8 Å². The molecule has 94 valence electrons. The van der Waals surface area contributed by atoms with Gasteiger partial charge in [0.2, 0.25) is 0 Å². The van der Waals surface area contributed by atoms with Gasteiger partial charge in [0, 0.05) is 24.4 Å². The smallest absolute Gasteiger partial charge is 0.104 e. The maximum absolute atomic E-state index is 5.62. The normalized spacial score (nSPS) is 12.2. The molecule has 3 nitrogen and oxygen atoms in total. The van der Waals surface area contributed by atoms with Crippen molar-refractivity contribution in [3.63, 3.8) is 0 Å². The van der Waals surface area contributed by atoms with E-state index in [1.165, 1.54) is 0 Å². The first-order chi connectivity index (χ1) is 8.04. The van der Waals surface area contributed by atoms with E-state index in [0.717, 1.165) is 30.0 Å². The first kappa shape index (κ1) is 13.9. The molecule has 0 aliphatic carbocycles. The van der Waals surface area contributed by atoms with E-state index in [-0.39, 0.29) is 6.10 Å². The average Bonchev–Trinajstić information content (AvgIpc) is 2.26. The molecule has 0 spiro atoms. The van der Waals surface area contributed by atoms with E-state index < -0.39 is 0 Å². The molecule has 1 rings (SSSR count). The monoisotopic (exact) mass is 252 g/mol. The van der Waals surface area contributed by atoms with Crippen LogP contribution in [0.15, 0.2) is 18.2 Å². The molecule has 0 bridgehead atoms. The Labute approximate surface area is 108 Å². The molecule has 0 heterocycles. The minimum absolute atomic E-state index is 0.204. The lowest BCUT2D eigenvalue weighted by Gasteiger charge is -2.14. The van der Waals surface area contributed by atoms with Crippen LogP contribution < -0.4 is 11.1 Å². The van der Waals surface area contributed by atoms with Crippen LogP contribution in [-0.2, 0) is 4.74 Å². The van der Waals surface area contributed by atoms with Gasteiger partial charge in [-0.05, 0) is 44.5 Å². The van der Waals surface area contributed by atoms with E-state index in [9.17, 15) is 0 Å². The molecule has 1 aromatic carbocycles. The molecular formula is C13H20N2OS. The zero-order valence-electron chi connectivity index (χ0n) is 10.6. The number of benzene rings is 1. The Balaban J connectivity index is 2.62. The Bertz CT molecular complexity index is 393. The summed E-state index contributed by atoms with van der Waals surface area (Å²) in [5.41, 5.74) is 8.70. The van der Waals surface area contributed by atoms with Gasteiger partial charge in [0.05, 0.1) is 6.10 Å². The molecule has 4 heteroatoms. The van der Waals surface area contributed by atoms with Crippen molar-refractivity contribution in [3.8, 4) is 0 Å². The fourth-order valence-electron chi connectivity index (χ4n) is 1.66. The van der Waals surface area contributed by atoms with Crippen LogP contribution in [0.4, 0.5) is 5.69 Å². The first-order valence-electron chi connectivity index (χ1n) is 5.80. The van der Waals surface area contributed by atoms with Crippen LogP contribution in [0.2, 0.25) is 0 Å². The van der Waals surface area contributed by atoms with Crippen molar-refractivity contribution in [1.82, 2.24) is 0 Å². The Morgan fingerprint density at radius 2 is 2.24 bits per heavy atom. The van der Waals surface area contributed by atoms with Gasteiger partial charge in [-0.2, -0.15) is 0 Å². The van der Waals surface area contributed by atoms with Gasteiger partial charge in [0.1, 0.15) is 4.99 Å². The van der Waals surface area contributed by atoms with Crippen LogP contribution in [0.3, 0.4) is 0 Å². The van der Waals surface area contributed by atoms with Gasteiger partial charge >= 0.3 is 0 Å². The predicted octanol–water partition coefficient (Wildman–Crippen LogP) is 2.47. The maximum Gasteiger partial charge on any atom is 0.104 e. The number of anilines is 1. The standard InChI is InChI=1S/C13H20N2OS/c1-4-16-10(3)8-15-11-5-6-12(13(14)17)9(2)7-11/h5-7,10,15H,4,8H2,1-3H3,(H2,14,17). The molecule has 17 heavy (non-hydrogen) atoms. The molecule has 0 aliphatic heterocycles. The zero-order valence-corrected chi connectivity index (χ0v) is 11.4. The summed E-state index contributed by atoms with van der Waals surface area (Å²) in [6, 6.07) is 5.98. The van der Waals surface area contributed by atoms with Crippen molar-refractivity contribution < 1.29 is 4.74 Å². The van der Waals surface area contributed by atoms with E-state index in [0.29, 0.717) is 4.99 Å². The third-order valence-corrected chi connectivity index (χ3v) is 2.76. The number of rotatable bonds is 6. The summed E-state index contributed by atoms with van der Waals surface area (Å²) in [4.78, 5) is 0.441. The van der Waals surface area contributed by atoms with Crippen molar-refractivity contribution in [2.75, 3.05) is 18.5 Å². The molecule has 0 aliphatic rings. The van der Waals surface area contributed by atoms with Gasteiger partial charge in [-0.1, -0.05) is 12.2 Å². The molecule has 0 fully saturated rings. The topological polar surface area (TPSA) is 47.3 Å². The number of thiocarbonyl (C=S) groups is 1. The second kappa shape index (κ2) is 6.57. The second-order valence-electron chi connectivity index (χ2n) is 4.04. The zero-order chi connectivity index (χ0) is 12.8. The number of ether oxygens (including phenoxy) is 1. The lowest BCUT2D eigenvalue weighted by Crippen LogP contribution is -2.20. The number of aryl methyl sites for hydroxylation is 1. The third kappa shape index (κ3) is 4.32. The highest BCUT2D eigenvalue weighted by Crippen LogP contribution is 2.15. The lowest BCUT2D eigenvalue weighted by atomic mass is 10.1. The van der Waals surface area contributed by atoms with E-state index in [1.807, 2.05) is 39.0 Å². The van der Waals surface area contributed by atoms with Crippen molar-refractivity contribution in [1.29, 1.82) is 0 Å². The van der Waals surface area contributed by atoms with Crippen LogP contribution in [0, 0.1) is 6.92 Å². The molecule has 3 N–H and O–H groups in total. The molecular weight excluding hydrogens is 232 g/mol. The fraction of sp³-hybridized carbons (Fsp3) is 0.462. The summed E-state index contributed by atoms with van der Waals surface area (Å²) in [6.45, 7) is 7.58. The number of hydrogen-bond donors (Lipinski definition) is 2. The summed E-state index contributed by atoms with van der Waals surface area (Å²) in [7, 11) is 0. The number of hydrogen-bond acceptors (Lipinski definition) is 3. The van der Waals surface area contributed by atoms with Crippen LogP contribution >= 0.6 is 12.2 Å². The largest absolute Gasteiger partial charge is 0.389 e. The fourth-order valence-corrected chi connectivity index (χ4v) is 1.88. The number of nitrogens with one attached hydrogen (secondary N) is 1. The van der Waals surface area contributed by atoms with Crippen molar-refractivity contribution in [2.45, 2.75) is 26.9 Å². The van der Waals surface area contributed by atoms with Gasteiger partial charge in [0.15, 0.2) is 0 Å². The molecule has 0 radical (unpaired) electrons. The van der Waals surface area contributed by atoms with Crippen molar-refractivity contribution >= 4 is 22.9 Å². The Hall–Kier alpha value is -1.13. The van der Waals surface area contributed by atoms with Gasteiger partial charge in [0.25, 0.3) is 0 Å². The van der Waals surface area contributed by atoms with Crippen LogP contribution in [0.5, 0.6) is 0 Å². The third-order valence-electron chi connectivity index (χ3n) is 2.54. The van der Waals surface area contributed by atoms with E-state index >= 15 is 0 Å². The van der Waals surface area contributed by atoms with E-state index in [2.05, 4.69) is 5.32 Å². The summed E-state index contributed by atoms with van der Waals surface area (Å²) in [5, 5.41) is 3.33. The van der Waals surface area contributed by atoms with Crippen molar-refractivity contribution in [3.05, 3.63) is 29.3 Å². The average molecular weight is 252 g/mol. The predicted molar refractivity (Wildman–Crippen MR) is 76.6 cm³/mol. The summed E-state index contributed by atoms with van der Waals surface area (Å²) >= 11 is 4.97. The SMILES string of the molecule is CCOC(C)CNc1ccc(C(N)=S)c(C)c1. The molecule has 0 aromatic heterocycles. The minimum atomic E-state index is 0.204. The highest BCUT2D eigenvalue weighted by Gasteiger charge is 2.04. The molecule has 1 unspecified atom stereocenters.